The number of halogens is 1. The van der Waals surface area contributed by atoms with E-state index in [9.17, 15) is 9.00 Å². The lowest BCUT2D eigenvalue weighted by Crippen LogP contribution is -2.26. The van der Waals surface area contributed by atoms with Gasteiger partial charge in [0.1, 0.15) is 0 Å². The molecule has 0 saturated carbocycles. The molecule has 22 heavy (non-hydrogen) atoms. The lowest BCUT2D eigenvalue weighted by Gasteiger charge is -2.18. The van der Waals surface area contributed by atoms with Crippen LogP contribution in [0.25, 0.3) is 0 Å². The van der Waals surface area contributed by atoms with Gasteiger partial charge in [-0.05, 0) is 48.4 Å². The summed E-state index contributed by atoms with van der Waals surface area (Å²) in [7, 11) is 0.779. The molecule has 0 aliphatic carbocycles. The van der Waals surface area contributed by atoms with Crippen molar-refractivity contribution in [2.45, 2.75) is 18.4 Å². The van der Waals surface area contributed by atoms with Crippen molar-refractivity contribution in [2.75, 3.05) is 13.3 Å². The van der Waals surface area contributed by atoms with Crippen LogP contribution in [0.5, 0.6) is 0 Å². The average molecular weight is 336 g/mol. The van der Waals surface area contributed by atoms with Gasteiger partial charge in [0.05, 0.1) is 0 Å². The number of carbonyl (C=O) groups excluding carboxylic acids is 1. The Morgan fingerprint density at radius 2 is 1.82 bits per heavy atom. The molecule has 0 spiro atoms. The van der Waals surface area contributed by atoms with Gasteiger partial charge >= 0.3 is 0 Å². The molecule has 5 heteroatoms. The Kier molecular flexibility index (Phi) is 5.37. The van der Waals surface area contributed by atoms with Crippen molar-refractivity contribution in [1.29, 1.82) is 0 Å². The highest BCUT2D eigenvalue weighted by Gasteiger charge is 2.14. The van der Waals surface area contributed by atoms with Crippen molar-refractivity contribution < 1.29 is 9.00 Å². The zero-order valence-corrected chi connectivity index (χ0v) is 14.4. The third-order valence-electron chi connectivity index (χ3n) is 3.44. The molecule has 0 radical (unpaired) electrons. The summed E-state index contributed by atoms with van der Waals surface area (Å²) in [5.74, 6) is -0.0442. The van der Waals surface area contributed by atoms with Crippen LogP contribution in [0.15, 0.2) is 47.4 Å². The van der Waals surface area contributed by atoms with E-state index in [1.165, 1.54) is 0 Å². The Morgan fingerprint density at radius 1 is 1.18 bits per heavy atom. The van der Waals surface area contributed by atoms with E-state index in [-0.39, 0.29) is 5.91 Å². The summed E-state index contributed by atoms with van der Waals surface area (Å²) < 4.78 is 11.4. The molecule has 1 amide bonds. The molecular formula is C17H18ClNO2S. The van der Waals surface area contributed by atoms with Crippen LogP contribution >= 0.6 is 11.6 Å². The molecule has 0 aromatic heterocycles. The van der Waals surface area contributed by atoms with E-state index in [1.807, 2.05) is 31.2 Å². The fourth-order valence-corrected chi connectivity index (χ4v) is 2.95. The molecule has 0 aliphatic heterocycles. The Balaban J connectivity index is 2.12. The van der Waals surface area contributed by atoms with Crippen molar-refractivity contribution in [2.24, 2.45) is 0 Å². The van der Waals surface area contributed by atoms with Crippen LogP contribution in [0.1, 0.15) is 21.5 Å². The predicted octanol–water partition coefficient (Wildman–Crippen LogP) is 3.66. The standard InChI is InChI=1S/C17H18ClNO2S/c1-12-10-14(18)6-9-16(12)17(20)19(2)11-13-4-7-15(8-5-13)22(3)21/h4-10H,11H2,1-3H3/t22-/m1/s1. The van der Waals surface area contributed by atoms with Crippen LogP contribution in [0, 0.1) is 6.92 Å². The van der Waals surface area contributed by atoms with Gasteiger partial charge < -0.3 is 4.90 Å². The normalized spacial score (nSPS) is 12.0. The third-order valence-corrected chi connectivity index (χ3v) is 4.61. The van der Waals surface area contributed by atoms with Crippen LogP contribution in [0.4, 0.5) is 0 Å². The first kappa shape index (κ1) is 16.7. The molecule has 3 nitrogen and oxygen atoms in total. The van der Waals surface area contributed by atoms with E-state index in [4.69, 9.17) is 11.6 Å². The molecule has 0 fully saturated rings. The van der Waals surface area contributed by atoms with E-state index in [2.05, 4.69) is 0 Å². The quantitative estimate of drug-likeness (QED) is 0.855. The molecule has 0 heterocycles. The van der Waals surface area contributed by atoms with E-state index in [1.54, 1.807) is 36.4 Å². The minimum absolute atomic E-state index is 0.0442. The van der Waals surface area contributed by atoms with Gasteiger partial charge in [-0.25, -0.2) is 0 Å². The lowest BCUT2D eigenvalue weighted by molar-refractivity contribution is 0.0784. The summed E-state index contributed by atoms with van der Waals surface area (Å²) >= 11 is 5.92. The Morgan fingerprint density at radius 3 is 2.36 bits per heavy atom. The molecule has 2 rings (SSSR count). The predicted molar refractivity (Wildman–Crippen MR) is 90.8 cm³/mol. The number of hydrogen-bond donors (Lipinski definition) is 0. The fraction of sp³-hybridized carbons (Fsp3) is 0.235. The van der Waals surface area contributed by atoms with Gasteiger partial charge in [0.25, 0.3) is 5.91 Å². The molecule has 0 unspecified atom stereocenters. The topological polar surface area (TPSA) is 37.4 Å². The molecule has 1 atom stereocenters. The lowest BCUT2D eigenvalue weighted by atomic mass is 10.1. The van der Waals surface area contributed by atoms with Crippen LogP contribution in [0.3, 0.4) is 0 Å². The summed E-state index contributed by atoms with van der Waals surface area (Å²) in [5.41, 5.74) is 2.51. The Labute approximate surface area is 138 Å². The van der Waals surface area contributed by atoms with Crippen LogP contribution in [-0.4, -0.2) is 28.3 Å². The second kappa shape index (κ2) is 7.07. The number of rotatable bonds is 4. The van der Waals surface area contributed by atoms with Crippen molar-refractivity contribution in [1.82, 2.24) is 4.90 Å². The Hall–Kier alpha value is -1.65. The molecular weight excluding hydrogens is 318 g/mol. The minimum Gasteiger partial charge on any atom is -0.337 e. The first-order valence-corrected chi connectivity index (χ1v) is 8.76. The molecule has 0 bridgehead atoms. The average Bonchev–Trinajstić information content (AvgIpc) is 2.47. The molecule has 0 aliphatic rings. The van der Waals surface area contributed by atoms with E-state index in [0.29, 0.717) is 17.1 Å². The largest absolute Gasteiger partial charge is 0.337 e. The number of benzene rings is 2. The second-order valence-electron chi connectivity index (χ2n) is 5.22. The van der Waals surface area contributed by atoms with Gasteiger partial charge in [-0.2, -0.15) is 0 Å². The van der Waals surface area contributed by atoms with Gasteiger partial charge in [0.15, 0.2) is 0 Å². The first-order chi connectivity index (χ1) is 10.4. The Bertz CT molecular complexity index is 713. The number of hydrogen-bond acceptors (Lipinski definition) is 2. The zero-order valence-electron chi connectivity index (χ0n) is 12.8. The van der Waals surface area contributed by atoms with Gasteiger partial charge in [0, 0.05) is 46.1 Å². The first-order valence-electron chi connectivity index (χ1n) is 6.82. The number of aryl methyl sites for hydroxylation is 1. The van der Waals surface area contributed by atoms with Gasteiger partial charge in [0.2, 0.25) is 0 Å². The molecule has 0 N–H and O–H groups in total. The third kappa shape index (κ3) is 3.96. The maximum Gasteiger partial charge on any atom is 0.254 e. The van der Waals surface area contributed by atoms with Gasteiger partial charge in [-0.3, -0.25) is 9.00 Å². The summed E-state index contributed by atoms with van der Waals surface area (Å²) in [5, 5.41) is 0.625. The van der Waals surface area contributed by atoms with Crippen molar-refractivity contribution in [3.8, 4) is 0 Å². The summed E-state index contributed by atoms with van der Waals surface area (Å²) in [4.78, 5) is 14.9. The second-order valence-corrected chi connectivity index (χ2v) is 7.03. The fourth-order valence-electron chi connectivity index (χ4n) is 2.20. The minimum atomic E-state index is -0.987. The maximum atomic E-state index is 12.5. The van der Waals surface area contributed by atoms with Crippen molar-refractivity contribution in [3.63, 3.8) is 0 Å². The molecule has 0 saturated heterocycles. The van der Waals surface area contributed by atoms with E-state index >= 15 is 0 Å². The zero-order chi connectivity index (χ0) is 16.3. The van der Waals surface area contributed by atoms with Crippen molar-refractivity contribution in [3.05, 3.63) is 64.2 Å². The highest BCUT2D eigenvalue weighted by molar-refractivity contribution is 7.84. The molecule has 116 valence electrons. The van der Waals surface area contributed by atoms with Gasteiger partial charge in [-0.1, -0.05) is 23.7 Å². The number of carbonyl (C=O) groups is 1. The van der Waals surface area contributed by atoms with Crippen LogP contribution in [-0.2, 0) is 17.3 Å². The molecule has 2 aromatic carbocycles. The van der Waals surface area contributed by atoms with Crippen LogP contribution < -0.4 is 0 Å². The maximum absolute atomic E-state index is 12.5. The smallest absolute Gasteiger partial charge is 0.254 e. The SMILES string of the molecule is Cc1cc(Cl)ccc1C(=O)N(C)Cc1ccc([S@@](C)=O)cc1. The van der Waals surface area contributed by atoms with Crippen LogP contribution in [0.2, 0.25) is 5.02 Å². The summed E-state index contributed by atoms with van der Waals surface area (Å²) in [6.45, 7) is 2.37. The highest BCUT2D eigenvalue weighted by Crippen LogP contribution is 2.18. The number of nitrogens with zero attached hydrogens (tertiary/aromatic N) is 1. The highest BCUT2D eigenvalue weighted by atomic mass is 35.5. The van der Waals surface area contributed by atoms with E-state index in [0.717, 1.165) is 16.0 Å². The summed E-state index contributed by atoms with van der Waals surface area (Å²) in [6, 6.07) is 12.7. The monoisotopic (exact) mass is 335 g/mol. The van der Waals surface area contributed by atoms with Crippen molar-refractivity contribution >= 4 is 28.3 Å². The van der Waals surface area contributed by atoms with E-state index < -0.39 is 10.8 Å². The number of amides is 1. The van der Waals surface area contributed by atoms with Gasteiger partial charge in [-0.15, -0.1) is 0 Å². The summed E-state index contributed by atoms with van der Waals surface area (Å²) in [6.07, 6.45) is 1.65. The molecule has 2 aromatic rings.